The molecule has 0 aliphatic carbocycles. The molecule has 0 amide bonds. The van der Waals surface area contributed by atoms with Crippen molar-refractivity contribution in [3.63, 3.8) is 0 Å². The number of halogens is 2. The molecule has 2 rings (SSSR count). The zero-order valence-corrected chi connectivity index (χ0v) is 12.6. The molecule has 1 N–H and O–H groups in total. The van der Waals surface area contributed by atoms with Gasteiger partial charge in [-0.25, -0.2) is 0 Å². The summed E-state index contributed by atoms with van der Waals surface area (Å²) in [5, 5.41) is 4.77. The van der Waals surface area contributed by atoms with Gasteiger partial charge in [0, 0.05) is 5.02 Å². The molecule has 0 aromatic heterocycles. The van der Waals surface area contributed by atoms with Crippen LogP contribution in [0.3, 0.4) is 0 Å². The van der Waals surface area contributed by atoms with E-state index in [-0.39, 0.29) is 6.04 Å². The molecule has 0 spiro atoms. The first-order chi connectivity index (χ1) is 9.10. The van der Waals surface area contributed by atoms with Gasteiger partial charge in [-0.3, -0.25) is 0 Å². The molecule has 0 fully saturated rings. The van der Waals surface area contributed by atoms with E-state index in [1.54, 1.807) is 6.07 Å². The highest BCUT2D eigenvalue weighted by molar-refractivity contribution is 6.36. The SMILES string of the molecule is CCC(Nc1ccc(Cl)cc1Cl)c1ccc(C)cc1. The first kappa shape index (κ1) is 14.2. The second-order valence-electron chi connectivity index (χ2n) is 4.64. The number of benzene rings is 2. The van der Waals surface area contributed by atoms with Crippen molar-refractivity contribution in [3.05, 3.63) is 63.6 Å². The molecule has 100 valence electrons. The Balaban J connectivity index is 2.21. The Morgan fingerprint density at radius 1 is 1.05 bits per heavy atom. The Hall–Kier alpha value is -1.18. The van der Waals surface area contributed by atoms with Gasteiger partial charge in [0.05, 0.1) is 16.8 Å². The predicted octanol–water partition coefficient (Wildman–Crippen LogP) is 5.87. The van der Waals surface area contributed by atoms with Gasteiger partial charge in [-0.15, -0.1) is 0 Å². The van der Waals surface area contributed by atoms with Crippen molar-refractivity contribution in [2.75, 3.05) is 5.32 Å². The number of hydrogen-bond donors (Lipinski definition) is 1. The lowest BCUT2D eigenvalue weighted by Crippen LogP contribution is -2.09. The molecule has 1 unspecified atom stereocenters. The van der Waals surface area contributed by atoms with E-state index in [4.69, 9.17) is 23.2 Å². The first-order valence-electron chi connectivity index (χ1n) is 6.38. The van der Waals surface area contributed by atoms with E-state index in [1.807, 2.05) is 12.1 Å². The summed E-state index contributed by atoms with van der Waals surface area (Å²) in [7, 11) is 0. The van der Waals surface area contributed by atoms with E-state index in [1.165, 1.54) is 11.1 Å². The van der Waals surface area contributed by atoms with Gasteiger partial charge in [0.2, 0.25) is 0 Å². The molecule has 0 saturated carbocycles. The normalized spacial score (nSPS) is 12.2. The summed E-state index contributed by atoms with van der Waals surface area (Å²) in [6.07, 6.45) is 0.988. The van der Waals surface area contributed by atoms with Crippen molar-refractivity contribution in [2.45, 2.75) is 26.3 Å². The van der Waals surface area contributed by atoms with Gasteiger partial charge in [0.1, 0.15) is 0 Å². The maximum absolute atomic E-state index is 6.20. The molecule has 0 heterocycles. The lowest BCUT2D eigenvalue weighted by molar-refractivity contribution is 0.749. The maximum atomic E-state index is 6.20. The van der Waals surface area contributed by atoms with Crippen LogP contribution in [-0.4, -0.2) is 0 Å². The largest absolute Gasteiger partial charge is 0.377 e. The molecule has 2 aromatic carbocycles. The van der Waals surface area contributed by atoms with Crippen LogP contribution in [0, 0.1) is 6.92 Å². The van der Waals surface area contributed by atoms with Crippen LogP contribution in [0.25, 0.3) is 0 Å². The topological polar surface area (TPSA) is 12.0 Å². The number of nitrogens with one attached hydrogen (secondary N) is 1. The fourth-order valence-corrected chi connectivity index (χ4v) is 2.48. The Morgan fingerprint density at radius 2 is 1.74 bits per heavy atom. The minimum Gasteiger partial charge on any atom is -0.377 e. The molecule has 0 aliphatic heterocycles. The highest BCUT2D eigenvalue weighted by Gasteiger charge is 2.10. The average Bonchev–Trinajstić information content (AvgIpc) is 2.39. The van der Waals surface area contributed by atoms with Crippen LogP contribution in [-0.2, 0) is 0 Å². The number of anilines is 1. The van der Waals surface area contributed by atoms with E-state index in [2.05, 4.69) is 43.4 Å². The summed E-state index contributed by atoms with van der Waals surface area (Å²) in [5.74, 6) is 0. The molecule has 19 heavy (non-hydrogen) atoms. The van der Waals surface area contributed by atoms with Crippen LogP contribution in [0.1, 0.15) is 30.5 Å². The van der Waals surface area contributed by atoms with Crippen LogP contribution >= 0.6 is 23.2 Å². The standard InChI is InChI=1S/C16H17Cl2N/c1-3-15(12-6-4-11(2)5-7-12)19-16-9-8-13(17)10-14(16)18/h4-10,15,19H,3H2,1-2H3. The van der Waals surface area contributed by atoms with Gasteiger partial charge in [-0.05, 0) is 37.1 Å². The Labute approximate surface area is 124 Å². The molecule has 0 saturated heterocycles. The molecule has 2 aromatic rings. The minimum absolute atomic E-state index is 0.249. The summed E-state index contributed by atoms with van der Waals surface area (Å²) in [6.45, 7) is 4.25. The minimum atomic E-state index is 0.249. The fraction of sp³-hybridized carbons (Fsp3) is 0.250. The summed E-state index contributed by atoms with van der Waals surface area (Å²) in [6, 6.07) is 14.3. The van der Waals surface area contributed by atoms with E-state index < -0.39 is 0 Å². The monoisotopic (exact) mass is 293 g/mol. The fourth-order valence-electron chi connectivity index (χ4n) is 2.01. The lowest BCUT2D eigenvalue weighted by Gasteiger charge is -2.20. The average molecular weight is 294 g/mol. The van der Waals surface area contributed by atoms with Gasteiger partial charge >= 0.3 is 0 Å². The van der Waals surface area contributed by atoms with Crippen LogP contribution in [0.5, 0.6) is 0 Å². The number of hydrogen-bond acceptors (Lipinski definition) is 1. The molecule has 1 nitrogen and oxygen atoms in total. The lowest BCUT2D eigenvalue weighted by atomic mass is 10.0. The van der Waals surface area contributed by atoms with Crippen molar-refractivity contribution < 1.29 is 0 Å². The van der Waals surface area contributed by atoms with E-state index in [0.717, 1.165) is 12.1 Å². The third kappa shape index (κ3) is 3.65. The molecule has 0 radical (unpaired) electrons. The summed E-state index contributed by atoms with van der Waals surface area (Å²) in [4.78, 5) is 0. The molecular formula is C16H17Cl2N. The quantitative estimate of drug-likeness (QED) is 0.744. The molecule has 3 heteroatoms. The molecule has 0 bridgehead atoms. The summed E-state index contributed by atoms with van der Waals surface area (Å²) < 4.78 is 0. The zero-order valence-electron chi connectivity index (χ0n) is 11.1. The first-order valence-corrected chi connectivity index (χ1v) is 7.14. The third-order valence-electron chi connectivity index (χ3n) is 3.15. The van der Waals surface area contributed by atoms with E-state index in [9.17, 15) is 0 Å². The maximum Gasteiger partial charge on any atom is 0.0652 e. The second kappa shape index (κ2) is 6.31. The summed E-state index contributed by atoms with van der Waals surface area (Å²) >= 11 is 12.1. The van der Waals surface area contributed by atoms with Crippen molar-refractivity contribution in [1.82, 2.24) is 0 Å². The highest BCUT2D eigenvalue weighted by Crippen LogP contribution is 2.30. The van der Waals surface area contributed by atoms with Crippen molar-refractivity contribution in [3.8, 4) is 0 Å². The summed E-state index contributed by atoms with van der Waals surface area (Å²) in [5.41, 5.74) is 3.45. The van der Waals surface area contributed by atoms with Gasteiger partial charge in [-0.2, -0.15) is 0 Å². The Kier molecular flexibility index (Phi) is 4.73. The highest BCUT2D eigenvalue weighted by atomic mass is 35.5. The van der Waals surface area contributed by atoms with Crippen LogP contribution in [0.15, 0.2) is 42.5 Å². The van der Waals surface area contributed by atoms with E-state index >= 15 is 0 Å². The molecular weight excluding hydrogens is 277 g/mol. The second-order valence-corrected chi connectivity index (χ2v) is 5.48. The zero-order chi connectivity index (χ0) is 13.8. The van der Waals surface area contributed by atoms with E-state index in [0.29, 0.717) is 10.0 Å². The van der Waals surface area contributed by atoms with Crippen molar-refractivity contribution >= 4 is 28.9 Å². The van der Waals surface area contributed by atoms with Crippen LogP contribution < -0.4 is 5.32 Å². The van der Waals surface area contributed by atoms with Gasteiger partial charge in [0.15, 0.2) is 0 Å². The molecule has 0 aliphatic rings. The van der Waals surface area contributed by atoms with Crippen LogP contribution in [0.4, 0.5) is 5.69 Å². The smallest absolute Gasteiger partial charge is 0.0652 e. The van der Waals surface area contributed by atoms with Crippen LogP contribution in [0.2, 0.25) is 10.0 Å². The third-order valence-corrected chi connectivity index (χ3v) is 3.70. The molecule has 1 atom stereocenters. The number of aryl methyl sites for hydroxylation is 1. The van der Waals surface area contributed by atoms with Gasteiger partial charge in [0.25, 0.3) is 0 Å². The number of rotatable bonds is 4. The van der Waals surface area contributed by atoms with Gasteiger partial charge in [-0.1, -0.05) is 60.0 Å². The van der Waals surface area contributed by atoms with Gasteiger partial charge < -0.3 is 5.32 Å². The Bertz CT molecular complexity index is 549. The van der Waals surface area contributed by atoms with Crippen molar-refractivity contribution in [1.29, 1.82) is 0 Å². The Morgan fingerprint density at radius 3 is 2.32 bits per heavy atom. The predicted molar refractivity (Wildman–Crippen MR) is 84.3 cm³/mol. The van der Waals surface area contributed by atoms with Crippen molar-refractivity contribution in [2.24, 2.45) is 0 Å².